The van der Waals surface area contributed by atoms with Crippen molar-refractivity contribution in [2.75, 3.05) is 5.48 Å². The number of nitrogens with one attached hydrogen (secondary N) is 1. The molecule has 0 unspecified atom stereocenters. The Morgan fingerprint density at radius 1 is 0.634 bits per heavy atom. The molecule has 6 aromatic rings. The number of fused-ring (bicyclic) bond motifs is 13. The van der Waals surface area contributed by atoms with E-state index in [1.807, 2.05) is 26.0 Å². The van der Waals surface area contributed by atoms with Crippen molar-refractivity contribution in [2.24, 2.45) is 0 Å². The maximum absolute atomic E-state index is 10.6. The fraction of sp³-hybridized carbons (Fsp3) is 0.189. The maximum atomic E-state index is 10.6. The van der Waals surface area contributed by atoms with E-state index in [0.717, 1.165) is 27.6 Å². The summed E-state index contributed by atoms with van der Waals surface area (Å²) in [5, 5.41) is 12.7. The van der Waals surface area contributed by atoms with Crippen LogP contribution in [0.1, 0.15) is 49.9 Å². The van der Waals surface area contributed by atoms with Crippen LogP contribution in [-0.2, 0) is 10.3 Å². The van der Waals surface area contributed by atoms with Gasteiger partial charge in [-0.15, -0.1) is 0 Å². The zero-order chi connectivity index (χ0) is 28.1. The van der Waals surface area contributed by atoms with Crippen LogP contribution in [0, 0.1) is 0 Å². The zero-order valence-corrected chi connectivity index (χ0v) is 23.6. The molecule has 4 nitrogen and oxygen atoms in total. The molecule has 8 rings (SSSR count). The molecular formula is C37H31NO3. The number of aliphatic hydroxyl groups is 1. The lowest BCUT2D eigenvalue weighted by molar-refractivity contribution is -0.130. The molecule has 1 aromatic heterocycles. The van der Waals surface area contributed by atoms with E-state index >= 15 is 0 Å². The summed E-state index contributed by atoms with van der Waals surface area (Å²) in [6.07, 6.45) is 0. The van der Waals surface area contributed by atoms with Gasteiger partial charge in [-0.25, -0.2) is 0 Å². The highest BCUT2D eigenvalue weighted by molar-refractivity contribution is 6.11. The van der Waals surface area contributed by atoms with Crippen molar-refractivity contribution in [2.45, 2.75) is 44.3 Å². The van der Waals surface area contributed by atoms with Crippen LogP contribution in [0.2, 0.25) is 0 Å². The van der Waals surface area contributed by atoms with Gasteiger partial charge < -0.3 is 9.52 Å². The van der Waals surface area contributed by atoms with Gasteiger partial charge in [0, 0.05) is 10.8 Å². The number of rotatable bonds is 4. The van der Waals surface area contributed by atoms with E-state index in [1.165, 1.54) is 44.5 Å². The second-order valence-corrected chi connectivity index (χ2v) is 12.3. The molecule has 0 atom stereocenters. The van der Waals surface area contributed by atoms with Gasteiger partial charge in [-0.05, 0) is 90.4 Å². The highest BCUT2D eigenvalue weighted by Crippen LogP contribution is 2.63. The molecule has 0 saturated carbocycles. The van der Waals surface area contributed by atoms with Crippen molar-refractivity contribution in [3.05, 3.63) is 125 Å². The van der Waals surface area contributed by atoms with E-state index < -0.39 is 16.6 Å². The first-order valence-corrected chi connectivity index (χ1v) is 14.2. The summed E-state index contributed by atoms with van der Waals surface area (Å²) in [5.41, 5.74) is 13.3. The molecule has 1 spiro atoms. The summed E-state index contributed by atoms with van der Waals surface area (Å²) < 4.78 is 6.63. The van der Waals surface area contributed by atoms with Gasteiger partial charge in [-0.3, -0.25) is 10.3 Å². The first-order chi connectivity index (χ1) is 19.7. The summed E-state index contributed by atoms with van der Waals surface area (Å²) in [7, 11) is 0. The fourth-order valence-electron chi connectivity index (χ4n) is 6.77. The van der Waals surface area contributed by atoms with Crippen molar-refractivity contribution in [3.63, 3.8) is 0 Å². The Balaban J connectivity index is 1.38. The predicted molar refractivity (Wildman–Crippen MR) is 165 cm³/mol. The van der Waals surface area contributed by atoms with Crippen molar-refractivity contribution < 1.29 is 14.4 Å². The van der Waals surface area contributed by atoms with E-state index in [2.05, 4.69) is 96.5 Å². The Bertz CT molecular complexity index is 1980. The molecule has 2 aliphatic rings. The number of anilines is 1. The van der Waals surface area contributed by atoms with Crippen molar-refractivity contribution in [3.8, 4) is 22.3 Å². The van der Waals surface area contributed by atoms with Gasteiger partial charge in [0.1, 0.15) is 16.9 Å². The molecule has 2 N–H and O–H groups in total. The Kier molecular flexibility index (Phi) is 4.82. The highest BCUT2D eigenvalue weighted by Gasteiger charge is 2.51. The zero-order valence-electron chi connectivity index (χ0n) is 23.6. The van der Waals surface area contributed by atoms with Crippen LogP contribution in [0.5, 0.6) is 0 Å². The number of hydrogen-bond donors (Lipinski definition) is 2. The Morgan fingerprint density at radius 2 is 1.20 bits per heavy atom. The molecule has 2 aliphatic carbocycles. The average Bonchev–Trinajstić information content (AvgIpc) is 3.58. The third kappa shape index (κ3) is 3.12. The van der Waals surface area contributed by atoms with Gasteiger partial charge in [0.05, 0.1) is 11.0 Å². The molecule has 0 aliphatic heterocycles. The normalized spacial score (nSPS) is 14.8. The van der Waals surface area contributed by atoms with Gasteiger partial charge in [0.15, 0.2) is 5.58 Å². The third-order valence-electron chi connectivity index (χ3n) is 9.50. The van der Waals surface area contributed by atoms with Gasteiger partial charge in [-0.1, -0.05) is 84.9 Å². The molecule has 5 aromatic carbocycles. The fourth-order valence-corrected chi connectivity index (χ4v) is 6.77. The van der Waals surface area contributed by atoms with E-state index in [1.54, 1.807) is 13.8 Å². The summed E-state index contributed by atoms with van der Waals surface area (Å²) in [5.74, 6) is 0. The molecule has 0 amide bonds. The van der Waals surface area contributed by atoms with E-state index in [9.17, 15) is 5.11 Å². The van der Waals surface area contributed by atoms with Gasteiger partial charge in [0.25, 0.3) is 0 Å². The van der Waals surface area contributed by atoms with Crippen LogP contribution in [0.15, 0.2) is 108 Å². The SMILES string of the molecule is CC(C)(O)C(C)(C)ONc1cccc2c1oc1cc3c(cc12)-c1ccccc1C31c2ccccc2-c2ccccc21. The summed E-state index contributed by atoms with van der Waals surface area (Å²) in [6, 6.07) is 37.1. The molecule has 202 valence electrons. The summed E-state index contributed by atoms with van der Waals surface area (Å²) in [6.45, 7) is 7.20. The van der Waals surface area contributed by atoms with Crippen molar-refractivity contribution in [1.29, 1.82) is 0 Å². The third-order valence-corrected chi connectivity index (χ3v) is 9.50. The molecule has 0 saturated heterocycles. The molecular weight excluding hydrogens is 506 g/mol. The first-order valence-electron chi connectivity index (χ1n) is 14.2. The van der Waals surface area contributed by atoms with Crippen LogP contribution in [-0.4, -0.2) is 16.3 Å². The molecule has 4 heteroatoms. The monoisotopic (exact) mass is 537 g/mol. The van der Waals surface area contributed by atoms with Crippen molar-refractivity contribution >= 4 is 27.6 Å². The topological polar surface area (TPSA) is 54.6 Å². The second kappa shape index (κ2) is 8.10. The molecule has 1 heterocycles. The molecule has 41 heavy (non-hydrogen) atoms. The van der Waals surface area contributed by atoms with Crippen LogP contribution in [0.3, 0.4) is 0 Å². The minimum absolute atomic E-state index is 0.410. The first kappa shape index (κ1) is 24.4. The number of furan rings is 1. The number of para-hydroxylation sites is 1. The van der Waals surface area contributed by atoms with Gasteiger partial charge in [0.2, 0.25) is 0 Å². The largest absolute Gasteiger partial charge is 0.454 e. The smallest absolute Gasteiger partial charge is 0.160 e. The Morgan fingerprint density at radius 3 is 1.78 bits per heavy atom. The van der Waals surface area contributed by atoms with E-state index in [0.29, 0.717) is 0 Å². The lowest BCUT2D eigenvalue weighted by Crippen LogP contribution is -2.48. The van der Waals surface area contributed by atoms with E-state index in [4.69, 9.17) is 9.25 Å². The predicted octanol–water partition coefficient (Wildman–Crippen LogP) is 8.82. The standard InChI is InChI=1S/C37H31NO3/c1-35(2,39)36(3,4)41-38-32-19-11-15-25-27-20-26-24-14-7-10-18-30(24)37(31(26)21-33(27)40-34(25)32)28-16-8-5-12-22(28)23-13-6-9-17-29(23)37/h5-21,38-39H,1-4H3. The van der Waals surface area contributed by atoms with Crippen LogP contribution in [0.25, 0.3) is 44.2 Å². The maximum Gasteiger partial charge on any atom is 0.160 e. The number of hydrogen-bond acceptors (Lipinski definition) is 4. The van der Waals surface area contributed by atoms with Crippen molar-refractivity contribution in [1.82, 2.24) is 0 Å². The second-order valence-electron chi connectivity index (χ2n) is 12.3. The van der Waals surface area contributed by atoms with Crippen LogP contribution >= 0.6 is 0 Å². The molecule has 0 fully saturated rings. The summed E-state index contributed by atoms with van der Waals surface area (Å²) in [4.78, 5) is 6.00. The minimum atomic E-state index is -1.04. The lowest BCUT2D eigenvalue weighted by Gasteiger charge is -2.36. The van der Waals surface area contributed by atoms with Gasteiger partial charge >= 0.3 is 0 Å². The molecule has 0 bridgehead atoms. The summed E-state index contributed by atoms with van der Waals surface area (Å²) >= 11 is 0. The Labute approximate surface area is 239 Å². The van der Waals surface area contributed by atoms with Crippen LogP contribution in [0.4, 0.5) is 5.69 Å². The molecule has 0 radical (unpaired) electrons. The van der Waals surface area contributed by atoms with Gasteiger partial charge in [-0.2, -0.15) is 0 Å². The van der Waals surface area contributed by atoms with Crippen LogP contribution < -0.4 is 5.48 Å². The van der Waals surface area contributed by atoms with E-state index in [-0.39, 0.29) is 0 Å². The number of benzene rings is 5. The quantitative estimate of drug-likeness (QED) is 0.220. The minimum Gasteiger partial charge on any atom is -0.454 e. The average molecular weight is 538 g/mol. The lowest BCUT2D eigenvalue weighted by atomic mass is 9.70. The highest BCUT2D eigenvalue weighted by atomic mass is 16.7. The Hall–Kier alpha value is -4.38.